The maximum absolute atomic E-state index is 12.1. The average Bonchev–Trinajstić information content (AvgIpc) is 2.44. The van der Waals surface area contributed by atoms with E-state index in [1.165, 1.54) is 0 Å². The molecular formula is C16H24N2O3. The second-order valence-corrected chi connectivity index (χ2v) is 5.40. The van der Waals surface area contributed by atoms with Gasteiger partial charge in [0.1, 0.15) is 0 Å². The Morgan fingerprint density at radius 1 is 1.29 bits per heavy atom. The molecule has 0 aliphatic rings. The molecule has 5 nitrogen and oxygen atoms in total. The van der Waals surface area contributed by atoms with Crippen molar-refractivity contribution in [3.8, 4) is 0 Å². The zero-order chi connectivity index (χ0) is 15.8. The number of para-hydroxylation sites is 1. The van der Waals surface area contributed by atoms with Gasteiger partial charge in [0.05, 0.1) is 0 Å². The number of carbonyl (C=O) groups excluding carboxylic acids is 1. The van der Waals surface area contributed by atoms with Crippen LogP contribution in [-0.4, -0.2) is 30.7 Å². The molecule has 1 atom stereocenters. The van der Waals surface area contributed by atoms with Crippen molar-refractivity contribution in [2.75, 3.05) is 18.5 Å². The largest absolute Gasteiger partial charge is 0.481 e. The number of carbonyl (C=O) groups is 2. The van der Waals surface area contributed by atoms with Crippen LogP contribution in [0.2, 0.25) is 0 Å². The van der Waals surface area contributed by atoms with E-state index in [-0.39, 0.29) is 18.4 Å². The Bertz CT molecular complexity index is 488. The summed E-state index contributed by atoms with van der Waals surface area (Å²) in [5, 5.41) is 11.5. The van der Waals surface area contributed by atoms with Crippen LogP contribution in [0.5, 0.6) is 0 Å². The van der Waals surface area contributed by atoms with Gasteiger partial charge in [0, 0.05) is 25.7 Å². The molecule has 2 N–H and O–H groups in total. The Balaban J connectivity index is 2.37. The summed E-state index contributed by atoms with van der Waals surface area (Å²) in [6.45, 7) is 4.52. The third-order valence-electron chi connectivity index (χ3n) is 3.55. The smallest absolute Gasteiger partial charge is 0.321 e. The molecule has 0 aromatic heterocycles. The Morgan fingerprint density at radius 3 is 2.57 bits per heavy atom. The molecule has 0 fully saturated rings. The minimum absolute atomic E-state index is 0.144. The normalized spacial score (nSPS) is 11.8. The van der Waals surface area contributed by atoms with Crippen LogP contribution in [0.1, 0.15) is 31.7 Å². The summed E-state index contributed by atoms with van der Waals surface area (Å²) in [5.41, 5.74) is 1.93. The van der Waals surface area contributed by atoms with Gasteiger partial charge in [-0.1, -0.05) is 25.1 Å². The molecule has 0 spiro atoms. The van der Waals surface area contributed by atoms with Crippen molar-refractivity contribution in [3.05, 3.63) is 29.8 Å². The number of anilines is 1. The van der Waals surface area contributed by atoms with Crippen LogP contribution in [0.3, 0.4) is 0 Å². The van der Waals surface area contributed by atoms with Crippen molar-refractivity contribution in [3.63, 3.8) is 0 Å². The maximum Gasteiger partial charge on any atom is 0.321 e. The van der Waals surface area contributed by atoms with E-state index in [2.05, 4.69) is 5.32 Å². The molecule has 1 rings (SSSR count). The van der Waals surface area contributed by atoms with Gasteiger partial charge in [-0.2, -0.15) is 0 Å². The maximum atomic E-state index is 12.1. The average molecular weight is 292 g/mol. The van der Waals surface area contributed by atoms with E-state index < -0.39 is 5.97 Å². The van der Waals surface area contributed by atoms with Crippen LogP contribution >= 0.6 is 0 Å². The summed E-state index contributed by atoms with van der Waals surface area (Å²) >= 11 is 0. The highest BCUT2D eigenvalue weighted by Gasteiger charge is 2.12. The third-order valence-corrected chi connectivity index (χ3v) is 3.55. The minimum atomic E-state index is -0.773. The van der Waals surface area contributed by atoms with Crippen molar-refractivity contribution in [1.82, 2.24) is 5.32 Å². The number of nitrogens with zero attached hydrogens (tertiary/aromatic N) is 1. The van der Waals surface area contributed by atoms with Crippen molar-refractivity contribution >= 4 is 17.7 Å². The van der Waals surface area contributed by atoms with Gasteiger partial charge in [-0.25, -0.2) is 4.79 Å². The van der Waals surface area contributed by atoms with Gasteiger partial charge in [0.2, 0.25) is 0 Å². The van der Waals surface area contributed by atoms with Crippen LogP contribution in [-0.2, 0) is 4.79 Å². The Kier molecular flexibility index (Phi) is 6.72. The van der Waals surface area contributed by atoms with Crippen LogP contribution in [0, 0.1) is 12.8 Å². The minimum Gasteiger partial charge on any atom is -0.481 e. The second-order valence-electron chi connectivity index (χ2n) is 5.40. The van der Waals surface area contributed by atoms with E-state index in [1.54, 1.807) is 11.9 Å². The second kappa shape index (κ2) is 8.29. The van der Waals surface area contributed by atoms with Gasteiger partial charge in [0.15, 0.2) is 0 Å². The number of nitrogens with one attached hydrogen (secondary N) is 1. The lowest BCUT2D eigenvalue weighted by Gasteiger charge is -2.20. The number of carboxylic acids is 1. The summed E-state index contributed by atoms with van der Waals surface area (Å²) in [7, 11) is 1.74. The summed E-state index contributed by atoms with van der Waals surface area (Å²) in [6, 6.07) is 7.57. The number of hydrogen-bond donors (Lipinski definition) is 2. The third kappa shape index (κ3) is 5.85. The van der Waals surface area contributed by atoms with E-state index in [4.69, 9.17) is 5.11 Å². The van der Waals surface area contributed by atoms with E-state index >= 15 is 0 Å². The van der Waals surface area contributed by atoms with Crippen LogP contribution < -0.4 is 10.2 Å². The fraction of sp³-hybridized carbons (Fsp3) is 0.500. The van der Waals surface area contributed by atoms with Crippen LogP contribution in [0.4, 0.5) is 10.5 Å². The lowest BCUT2D eigenvalue weighted by Crippen LogP contribution is -2.38. The number of urea groups is 1. The predicted octanol–water partition coefficient (Wildman–Crippen LogP) is 3.03. The summed E-state index contributed by atoms with van der Waals surface area (Å²) in [5.74, 6) is -0.490. The van der Waals surface area contributed by atoms with Crippen LogP contribution in [0.15, 0.2) is 24.3 Å². The molecule has 2 amide bonds. The molecule has 0 bridgehead atoms. The van der Waals surface area contributed by atoms with Gasteiger partial charge >= 0.3 is 12.0 Å². The van der Waals surface area contributed by atoms with Crippen molar-refractivity contribution in [2.45, 2.75) is 33.1 Å². The van der Waals surface area contributed by atoms with Crippen molar-refractivity contribution in [1.29, 1.82) is 0 Å². The van der Waals surface area contributed by atoms with Crippen molar-refractivity contribution in [2.24, 2.45) is 5.92 Å². The summed E-state index contributed by atoms with van der Waals surface area (Å²) < 4.78 is 0. The lowest BCUT2D eigenvalue weighted by atomic mass is 10.0. The summed E-state index contributed by atoms with van der Waals surface area (Å²) in [4.78, 5) is 24.1. The summed E-state index contributed by atoms with van der Waals surface area (Å²) in [6.07, 6.45) is 1.59. The van der Waals surface area contributed by atoms with Gasteiger partial charge in [-0.3, -0.25) is 9.69 Å². The van der Waals surface area contributed by atoms with Gasteiger partial charge < -0.3 is 10.4 Å². The molecule has 1 aromatic rings. The highest BCUT2D eigenvalue weighted by atomic mass is 16.4. The number of benzene rings is 1. The molecule has 1 aromatic carbocycles. The quantitative estimate of drug-likeness (QED) is 0.811. The monoisotopic (exact) mass is 292 g/mol. The molecule has 0 aliphatic carbocycles. The van der Waals surface area contributed by atoms with E-state index in [0.717, 1.165) is 17.7 Å². The number of rotatable bonds is 7. The van der Waals surface area contributed by atoms with Crippen LogP contribution in [0.25, 0.3) is 0 Å². The predicted molar refractivity (Wildman–Crippen MR) is 83.6 cm³/mol. The number of aliphatic carboxylic acids is 1. The highest BCUT2D eigenvalue weighted by molar-refractivity contribution is 5.92. The first-order valence-corrected chi connectivity index (χ1v) is 7.20. The first kappa shape index (κ1) is 17.0. The Labute approximate surface area is 126 Å². The number of amides is 2. The Hall–Kier alpha value is -2.04. The molecule has 21 heavy (non-hydrogen) atoms. The number of hydrogen-bond acceptors (Lipinski definition) is 2. The fourth-order valence-electron chi connectivity index (χ4n) is 2.11. The highest BCUT2D eigenvalue weighted by Crippen LogP contribution is 2.17. The first-order valence-electron chi connectivity index (χ1n) is 7.20. The molecule has 0 saturated heterocycles. The molecule has 1 unspecified atom stereocenters. The SMILES string of the molecule is Cc1ccccc1N(C)C(=O)NCCC(C)CCC(=O)O. The topological polar surface area (TPSA) is 69.6 Å². The molecule has 0 aliphatic heterocycles. The lowest BCUT2D eigenvalue weighted by molar-refractivity contribution is -0.137. The number of carboxylic acid groups (broad SMARTS) is 1. The van der Waals surface area contributed by atoms with E-state index in [0.29, 0.717) is 13.0 Å². The molecule has 0 saturated carbocycles. The van der Waals surface area contributed by atoms with Gasteiger partial charge in [-0.15, -0.1) is 0 Å². The zero-order valence-corrected chi connectivity index (χ0v) is 12.9. The zero-order valence-electron chi connectivity index (χ0n) is 12.9. The molecule has 116 valence electrons. The van der Waals surface area contributed by atoms with Gasteiger partial charge in [-0.05, 0) is 37.3 Å². The van der Waals surface area contributed by atoms with Crippen molar-refractivity contribution < 1.29 is 14.7 Å². The van der Waals surface area contributed by atoms with E-state index in [9.17, 15) is 9.59 Å². The van der Waals surface area contributed by atoms with Gasteiger partial charge in [0.25, 0.3) is 0 Å². The molecule has 5 heteroatoms. The standard InChI is InChI=1S/C16H24N2O3/c1-12(8-9-15(19)20)10-11-17-16(21)18(3)14-7-5-4-6-13(14)2/h4-7,12H,8-11H2,1-3H3,(H,17,21)(H,19,20). The Morgan fingerprint density at radius 2 is 1.95 bits per heavy atom. The fourth-order valence-corrected chi connectivity index (χ4v) is 2.11. The molecule has 0 heterocycles. The first-order chi connectivity index (χ1) is 9.91. The number of aryl methyl sites for hydroxylation is 1. The molecule has 0 radical (unpaired) electrons. The van der Waals surface area contributed by atoms with E-state index in [1.807, 2.05) is 38.1 Å². The molecular weight excluding hydrogens is 268 g/mol.